The second kappa shape index (κ2) is 10.6. The van der Waals surface area contributed by atoms with E-state index >= 15 is 0 Å². The fourth-order valence-electron chi connectivity index (χ4n) is 3.02. The lowest BCUT2D eigenvalue weighted by atomic mass is 9.93. The summed E-state index contributed by atoms with van der Waals surface area (Å²) in [7, 11) is 0. The van der Waals surface area contributed by atoms with Crippen LogP contribution in [0.2, 0.25) is 0 Å². The minimum Gasteiger partial charge on any atom is -0.481 e. The number of hydrogen-bond donors (Lipinski definition) is 1. The molecule has 4 heteroatoms. The lowest BCUT2D eigenvalue weighted by Gasteiger charge is -2.31. The Labute approximate surface area is 128 Å². The second-order valence-corrected chi connectivity index (χ2v) is 6.29. The van der Waals surface area contributed by atoms with Crippen molar-refractivity contribution in [2.45, 2.75) is 77.6 Å². The maximum atomic E-state index is 12.1. The van der Waals surface area contributed by atoms with Gasteiger partial charge in [-0.05, 0) is 25.2 Å². The molecular weight excluding hydrogens is 266 g/mol. The van der Waals surface area contributed by atoms with Gasteiger partial charge in [0.1, 0.15) is 0 Å². The normalized spacial score (nSPS) is 16.1. The molecule has 0 spiro atoms. The summed E-state index contributed by atoms with van der Waals surface area (Å²) in [4.78, 5) is 24.7. The molecule has 1 saturated heterocycles. The van der Waals surface area contributed by atoms with Crippen LogP contribution >= 0.6 is 0 Å². The first-order valence-electron chi connectivity index (χ1n) is 8.63. The van der Waals surface area contributed by atoms with Gasteiger partial charge in [0.25, 0.3) is 0 Å². The van der Waals surface area contributed by atoms with Gasteiger partial charge in [0, 0.05) is 25.9 Å². The highest BCUT2D eigenvalue weighted by atomic mass is 16.4. The Morgan fingerprint density at radius 2 is 1.57 bits per heavy atom. The van der Waals surface area contributed by atoms with E-state index in [9.17, 15) is 9.59 Å². The van der Waals surface area contributed by atoms with Gasteiger partial charge in [0.05, 0.1) is 0 Å². The highest BCUT2D eigenvalue weighted by molar-refractivity contribution is 5.76. The van der Waals surface area contributed by atoms with E-state index in [1.165, 1.54) is 32.1 Å². The Hall–Kier alpha value is -1.06. The molecule has 1 aliphatic rings. The number of hydrogen-bond acceptors (Lipinski definition) is 2. The van der Waals surface area contributed by atoms with Gasteiger partial charge in [-0.2, -0.15) is 0 Å². The predicted molar refractivity (Wildman–Crippen MR) is 84.2 cm³/mol. The second-order valence-electron chi connectivity index (χ2n) is 6.29. The van der Waals surface area contributed by atoms with E-state index in [2.05, 4.69) is 6.92 Å². The maximum Gasteiger partial charge on any atom is 0.303 e. The molecule has 0 bridgehead atoms. The van der Waals surface area contributed by atoms with E-state index in [1.54, 1.807) is 0 Å². The molecule has 0 aliphatic carbocycles. The highest BCUT2D eigenvalue weighted by Gasteiger charge is 2.23. The van der Waals surface area contributed by atoms with Gasteiger partial charge >= 0.3 is 5.97 Å². The molecule has 0 aromatic rings. The van der Waals surface area contributed by atoms with Crippen molar-refractivity contribution in [1.29, 1.82) is 0 Å². The van der Waals surface area contributed by atoms with Gasteiger partial charge in [-0.1, -0.05) is 45.4 Å². The van der Waals surface area contributed by atoms with Crippen LogP contribution in [0.4, 0.5) is 0 Å². The number of carboxylic acids is 1. The van der Waals surface area contributed by atoms with Crippen LogP contribution in [0.3, 0.4) is 0 Å². The van der Waals surface area contributed by atoms with E-state index in [0.29, 0.717) is 6.42 Å². The molecule has 1 rings (SSSR count). The van der Waals surface area contributed by atoms with Crippen molar-refractivity contribution in [1.82, 2.24) is 4.90 Å². The molecule has 4 nitrogen and oxygen atoms in total. The Morgan fingerprint density at radius 1 is 1.00 bits per heavy atom. The third-order valence-electron chi connectivity index (χ3n) is 4.42. The minimum absolute atomic E-state index is 0.250. The fraction of sp³-hybridized carbons (Fsp3) is 0.882. The molecule has 122 valence electrons. The van der Waals surface area contributed by atoms with E-state index in [4.69, 9.17) is 5.11 Å². The lowest BCUT2D eigenvalue weighted by molar-refractivity contribution is -0.138. The standard InChI is InChI=1S/C17H31NO3/c1-2-3-4-5-6-7-8-9-16(19)18-12-10-15(11-13-18)14-17(20)21/h15H,2-14H2,1H3,(H,20,21). The van der Waals surface area contributed by atoms with Crippen molar-refractivity contribution in [2.75, 3.05) is 13.1 Å². The Balaban J connectivity index is 2.04. The van der Waals surface area contributed by atoms with Gasteiger partial charge in [-0.15, -0.1) is 0 Å². The summed E-state index contributed by atoms with van der Waals surface area (Å²) in [6.45, 7) is 3.71. The molecule has 1 aliphatic heterocycles. The number of rotatable bonds is 10. The van der Waals surface area contributed by atoms with Crippen LogP contribution in [0.5, 0.6) is 0 Å². The van der Waals surface area contributed by atoms with Crippen molar-refractivity contribution < 1.29 is 14.7 Å². The van der Waals surface area contributed by atoms with Crippen molar-refractivity contribution in [3.8, 4) is 0 Å². The van der Waals surface area contributed by atoms with Crippen LogP contribution in [-0.2, 0) is 9.59 Å². The number of unbranched alkanes of at least 4 members (excludes halogenated alkanes) is 6. The monoisotopic (exact) mass is 297 g/mol. The first-order chi connectivity index (χ1) is 10.1. The number of aliphatic carboxylic acids is 1. The van der Waals surface area contributed by atoms with Crippen LogP contribution in [0.15, 0.2) is 0 Å². The zero-order valence-electron chi connectivity index (χ0n) is 13.5. The first-order valence-corrected chi connectivity index (χ1v) is 8.63. The average Bonchev–Trinajstić information content (AvgIpc) is 2.46. The van der Waals surface area contributed by atoms with Crippen LogP contribution in [-0.4, -0.2) is 35.0 Å². The van der Waals surface area contributed by atoms with E-state index < -0.39 is 5.97 Å². The number of likely N-dealkylation sites (tertiary alicyclic amines) is 1. The molecule has 0 unspecified atom stereocenters. The quantitative estimate of drug-likeness (QED) is 0.623. The third kappa shape index (κ3) is 8.08. The number of piperidine rings is 1. The van der Waals surface area contributed by atoms with Gasteiger partial charge < -0.3 is 10.0 Å². The van der Waals surface area contributed by atoms with Crippen molar-refractivity contribution in [3.05, 3.63) is 0 Å². The van der Waals surface area contributed by atoms with Crippen molar-refractivity contribution >= 4 is 11.9 Å². The molecule has 0 radical (unpaired) electrons. The molecule has 1 N–H and O–H groups in total. The lowest BCUT2D eigenvalue weighted by Crippen LogP contribution is -2.38. The summed E-state index contributed by atoms with van der Waals surface area (Å²) in [6.07, 6.45) is 11.2. The number of amides is 1. The van der Waals surface area contributed by atoms with Crippen molar-refractivity contribution in [2.24, 2.45) is 5.92 Å². The Bertz CT molecular complexity index is 309. The van der Waals surface area contributed by atoms with Gasteiger partial charge in [-0.3, -0.25) is 9.59 Å². The molecule has 1 amide bonds. The summed E-state index contributed by atoms with van der Waals surface area (Å²) in [6, 6.07) is 0. The summed E-state index contributed by atoms with van der Waals surface area (Å²) in [5, 5.41) is 8.78. The Morgan fingerprint density at radius 3 is 2.14 bits per heavy atom. The largest absolute Gasteiger partial charge is 0.481 e. The topological polar surface area (TPSA) is 57.6 Å². The first kappa shape index (κ1) is 18.0. The molecule has 21 heavy (non-hydrogen) atoms. The summed E-state index contributed by atoms with van der Waals surface area (Å²) < 4.78 is 0. The third-order valence-corrected chi connectivity index (χ3v) is 4.42. The zero-order chi connectivity index (χ0) is 15.5. The maximum absolute atomic E-state index is 12.1. The molecule has 0 aromatic heterocycles. The predicted octanol–water partition coefficient (Wildman–Crippen LogP) is 3.84. The van der Waals surface area contributed by atoms with Crippen LogP contribution in [0.1, 0.15) is 77.6 Å². The summed E-state index contributed by atoms with van der Waals surface area (Å²) >= 11 is 0. The highest BCUT2D eigenvalue weighted by Crippen LogP contribution is 2.21. The minimum atomic E-state index is -0.720. The molecule has 0 atom stereocenters. The molecule has 0 saturated carbocycles. The SMILES string of the molecule is CCCCCCCCCC(=O)N1CCC(CC(=O)O)CC1. The van der Waals surface area contributed by atoms with Crippen LogP contribution < -0.4 is 0 Å². The molecule has 1 fully saturated rings. The number of carboxylic acid groups (broad SMARTS) is 1. The van der Waals surface area contributed by atoms with Crippen LogP contribution in [0, 0.1) is 5.92 Å². The van der Waals surface area contributed by atoms with Gasteiger partial charge in [0.2, 0.25) is 5.91 Å². The van der Waals surface area contributed by atoms with Crippen LogP contribution in [0.25, 0.3) is 0 Å². The van der Waals surface area contributed by atoms with E-state index in [1.807, 2.05) is 4.90 Å². The molecule has 0 aromatic carbocycles. The fourth-order valence-corrected chi connectivity index (χ4v) is 3.02. The Kier molecular flexibility index (Phi) is 9.11. The van der Waals surface area contributed by atoms with Gasteiger partial charge in [-0.25, -0.2) is 0 Å². The molecule has 1 heterocycles. The number of nitrogens with zero attached hydrogens (tertiary/aromatic N) is 1. The van der Waals surface area contributed by atoms with E-state index in [0.717, 1.165) is 38.8 Å². The smallest absolute Gasteiger partial charge is 0.303 e. The van der Waals surface area contributed by atoms with Crippen molar-refractivity contribution in [3.63, 3.8) is 0 Å². The van der Waals surface area contributed by atoms with E-state index in [-0.39, 0.29) is 18.2 Å². The van der Waals surface area contributed by atoms with Gasteiger partial charge in [0.15, 0.2) is 0 Å². The zero-order valence-corrected chi connectivity index (χ0v) is 13.5. The summed E-state index contributed by atoms with van der Waals surface area (Å²) in [5.74, 6) is -0.203. The summed E-state index contributed by atoms with van der Waals surface area (Å²) in [5.41, 5.74) is 0. The molecular formula is C17H31NO3. The number of carbonyl (C=O) groups excluding carboxylic acids is 1. The average molecular weight is 297 g/mol. The number of carbonyl (C=O) groups is 2.